The minimum atomic E-state index is -0.797. The Morgan fingerprint density at radius 3 is 2.54 bits per heavy atom. The van der Waals surface area contributed by atoms with Crippen LogP contribution in [0.5, 0.6) is 0 Å². The summed E-state index contributed by atoms with van der Waals surface area (Å²) in [6, 6.07) is 10.1. The van der Waals surface area contributed by atoms with Crippen molar-refractivity contribution in [1.29, 1.82) is 0 Å². The van der Waals surface area contributed by atoms with E-state index < -0.39 is 5.97 Å². The zero-order valence-corrected chi connectivity index (χ0v) is 15.2. The summed E-state index contributed by atoms with van der Waals surface area (Å²) in [4.78, 5) is 23.4. The van der Waals surface area contributed by atoms with Gasteiger partial charge in [0.15, 0.2) is 0 Å². The van der Waals surface area contributed by atoms with Crippen LogP contribution in [0.2, 0.25) is 0 Å². The van der Waals surface area contributed by atoms with Crippen LogP contribution < -0.4 is 5.32 Å². The average molecular weight is 355 g/mol. The molecule has 1 aromatic heterocycles. The summed E-state index contributed by atoms with van der Waals surface area (Å²) in [5.74, 6) is -1.43. The number of aliphatic carboxylic acids is 1. The lowest BCUT2D eigenvalue weighted by Gasteiger charge is -2.11. The van der Waals surface area contributed by atoms with E-state index >= 15 is 0 Å². The van der Waals surface area contributed by atoms with Crippen LogP contribution in [0.1, 0.15) is 41.8 Å². The number of rotatable bonds is 6. The van der Waals surface area contributed by atoms with Gasteiger partial charge in [0.2, 0.25) is 5.91 Å². The van der Waals surface area contributed by atoms with Gasteiger partial charge in [0, 0.05) is 23.7 Å². The topological polar surface area (TPSA) is 84.2 Å². The number of carbonyl (C=O) groups is 2. The van der Waals surface area contributed by atoms with E-state index in [4.69, 9.17) is 5.11 Å². The van der Waals surface area contributed by atoms with Gasteiger partial charge in [-0.05, 0) is 38.7 Å². The first-order valence-corrected chi connectivity index (χ1v) is 9.03. The van der Waals surface area contributed by atoms with Crippen LogP contribution in [0, 0.1) is 25.7 Å². The Bertz CT molecular complexity index is 798. The molecule has 0 spiro atoms. The standard InChI is InChI=1S/C20H25N3O3/c1-13-18(11-21-19(24)16-8-9-17(10-16)20(25)26)14(2)23(22-13)12-15-6-4-3-5-7-15/h3-7,16-17H,8-12H2,1-2H3,(H,21,24)(H,25,26)/t16-,17+/m1/s1. The lowest BCUT2D eigenvalue weighted by atomic mass is 10.0. The van der Waals surface area contributed by atoms with Crippen molar-refractivity contribution >= 4 is 11.9 Å². The Hall–Kier alpha value is -2.63. The number of amides is 1. The number of benzene rings is 1. The molecule has 0 aliphatic heterocycles. The first-order valence-electron chi connectivity index (χ1n) is 9.03. The number of carboxylic acids is 1. The normalized spacial score (nSPS) is 19.5. The van der Waals surface area contributed by atoms with Gasteiger partial charge in [-0.25, -0.2) is 0 Å². The third-order valence-corrected chi connectivity index (χ3v) is 5.30. The highest BCUT2D eigenvalue weighted by atomic mass is 16.4. The first kappa shape index (κ1) is 18.2. The molecule has 2 N–H and O–H groups in total. The molecule has 1 aliphatic rings. The van der Waals surface area contributed by atoms with E-state index in [2.05, 4.69) is 22.5 Å². The maximum atomic E-state index is 12.4. The smallest absolute Gasteiger partial charge is 0.306 e. The monoisotopic (exact) mass is 355 g/mol. The van der Waals surface area contributed by atoms with Crippen LogP contribution >= 0.6 is 0 Å². The van der Waals surface area contributed by atoms with Crippen molar-refractivity contribution in [2.45, 2.75) is 46.2 Å². The molecule has 6 nitrogen and oxygen atoms in total. The van der Waals surface area contributed by atoms with Gasteiger partial charge in [0.1, 0.15) is 0 Å². The van der Waals surface area contributed by atoms with Crippen molar-refractivity contribution in [3.63, 3.8) is 0 Å². The molecule has 26 heavy (non-hydrogen) atoms. The second kappa shape index (κ2) is 7.72. The van der Waals surface area contributed by atoms with E-state index in [9.17, 15) is 9.59 Å². The molecule has 1 amide bonds. The van der Waals surface area contributed by atoms with E-state index in [1.807, 2.05) is 36.7 Å². The molecule has 0 saturated heterocycles. The van der Waals surface area contributed by atoms with Crippen LogP contribution in [0.3, 0.4) is 0 Å². The highest BCUT2D eigenvalue weighted by molar-refractivity contribution is 5.80. The number of aryl methyl sites for hydroxylation is 1. The number of nitrogens with zero attached hydrogens (tertiary/aromatic N) is 2. The van der Waals surface area contributed by atoms with Gasteiger partial charge in [-0.2, -0.15) is 5.10 Å². The first-order chi connectivity index (χ1) is 12.5. The zero-order valence-electron chi connectivity index (χ0n) is 15.2. The SMILES string of the molecule is Cc1nn(Cc2ccccc2)c(C)c1CNC(=O)[C@@H]1CC[C@H](C(=O)O)C1. The Morgan fingerprint density at radius 1 is 1.19 bits per heavy atom. The zero-order chi connectivity index (χ0) is 18.7. The van der Waals surface area contributed by atoms with Crippen molar-refractivity contribution in [2.75, 3.05) is 0 Å². The van der Waals surface area contributed by atoms with E-state index in [1.54, 1.807) is 0 Å². The van der Waals surface area contributed by atoms with Crippen LogP contribution in [-0.4, -0.2) is 26.8 Å². The lowest BCUT2D eigenvalue weighted by molar-refractivity contribution is -0.141. The number of nitrogens with one attached hydrogen (secondary N) is 1. The van der Waals surface area contributed by atoms with Crippen molar-refractivity contribution in [2.24, 2.45) is 11.8 Å². The number of hydrogen-bond donors (Lipinski definition) is 2. The summed E-state index contributed by atoms with van der Waals surface area (Å²) < 4.78 is 1.96. The van der Waals surface area contributed by atoms with Gasteiger partial charge in [0.25, 0.3) is 0 Å². The number of carbonyl (C=O) groups excluding carboxylic acids is 1. The van der Waals surface area contributed by atoms with E-state index in [0.29, 0.717) is 32.4 Å². The summed E-state index contributed by atoms with van der Waals surface area (Å²) in [7, 11) is 0. The molecule has 3 rings (SSSR count). The van der Waals surface area contributed by atoms with Gasteiger partial charge in [-0.1, -0.05) is 30.3 Å². The molecule has 2 aromatic rings. The molecular formula is C20H25N3O3. The third kappa shape index (κ3) is 3.95. The quantitative estimate of drug-likeness (QED) is 0.834. The van der Waals surface area contributed by atoms with Crippen LogP contribution in [0.15, 0.2) is 30.3 Å². The van der Waals surface area contributed by atoms with Crippen LogP contribution in [0.4, 0.5) is 0 Å². The Balaban J connectivity index is 1.62. The summed E-state index contributed by atoms with van der Waals surface area (Å²) in [5.41, 5.74) is 4.16. The summed E-state index contributed by atoms with van der Waals surface area (Å²) in [6.07, 6.45) is 1.67. The van der Waals surface area contributed by atoms with Gasteiger partial charge < -0.3 is 10.4 Å². The highest BCUT2D eigenvalue weighted by Crippen LogP contribution is 2.31. The van der Waals surface area contributed by atoms with E-state index in [0.717, 1.165) is 17.0 Å². The van der Waals surface area contributed by atoms with Crippen LogP contribution in [0.25, 0.3) is 0 Å². The van der Waals surface area contributed by atoms with Crippen molar-refractivity contribution in [1.82, 2.24) is 15.1 Å². The fraction of sp³-hybridized carbons (Fsp3) is 0.450. The second-order valence-electron chi connectivity index (χ2n) is 7.06. The van der Waals surface area contributed by atoms with Gasteiger partial charge in [0.05, 0.1) is 18.2 Å². The maximum absolute atomic E-state index is 12.4. The Kier molecular flexibility index (Phi) is 5.40. The molecular weight excluding hydrogens is 330 g/mol. The number of aromatic nitrogens is 2. The van der Waals surface area contributed by atoms with Gasteiger partial charge >= 0.3 is 5.97 Å². The predicted octanol–water partition coefficient (Wildman–Crippen LogP) is 2.67. The number of carboxylic acid groups (broad SMARTS) is 1. The number of hydrogen-bond acceptors (Lipinski definition) is 3. The molecule has 1 fully saturated rings. The van der Waals surface area contributed by atoms with Crippen LogP contribution in [-0.2, 0) is 22.7 Å². The lowest BCUT2D eigenvalue weighted by Crippen LogP contribution is -2.29. The van der Waals surface area contributed by atoms with Crippen molar-refractivity contribution in [3.05, 3.63) is 52.8 Å². The van der Waals surface area contributed by atoms with E-state index in [-0.39, 0.29) is 17.7 Å². The molecule has 1 aliphatic carbocycles. The third-order valence-electron chi connectivity index (χ3n) is 5.30. The van der Waals surface area contributed by atoms with Gasteiger partial charge in [-0.15, -0.1) is 0 Å². The molecule has 0 unspecified atom stereocenters. The second-order valence-corrected chi connectivity index (χ2v) is 7.06. The molecule has 0 radical (unpaired) electrons. The summed E-state index contributed by atoms with van der Waals surface area (Å²) in [5, 5.41) is 16.7. The minimum Gasteiger partial charge on any atom is -0.481 e. The molecule has 1 aromatic carbocycles. The largest absolute Gasteiger partial charge is 0.481 e. The van der Waals surface area contributed by atoms with Crippen molar-refractivity contribution < 1.29 is 14.7 Å². The Labute approximate surface area is 153 Å². The van der Waals surface area contributed by atoms with Crippen molar-refractivity contribution in [3.8, 4) is 0 Å². The Morgan fingerprint density at radius 2 is 1.88 bits per heavy atom. The average Bonchev–Trinajstić information content (AvgIpc) is 3.21. The molecule has 6 heteroatoms. The predicted molar refractivity (Wildman–Crippen MR) is 97.6 cm³/mol. The summed E-state index contributed by atoms with van der Waals surface area (Å²) >= 11 is 0. The minimum absolute atomic E-state index is 0.0524. The molecule has 1 saturated carbocycles. The highest BCUT2D eigenvalue weighted by Gasteiger charge is 2.33. The van der Waals surface area contributed by atoms with E-state index in [1.165, 1.54) is 5.56 Å². The molecule has 1 heterocycles. The maximum Gasteiger partial charge on any atom is 0.306 e. The van der Waals surface area contributed by atoms with Gasteiger partial charge in [-0.3, -0.25) is 14.3 Å². The molecule has 2 atom stereocenters. The summed E-state index contributed by atoms with van der Waals surface area (Å²) in [6.45, 7) is 5.09. The molecule has 0 bridgehead atoms. The fourth-order valence-electron chi connectivity index (χ4n) is 3.66. The fourth-order valence-corrected chi connectivity index (χ4v) is 3.66. The molecule has 138 valence electrons.